The summed E-state index contributed by atoms with van der Waals surface area (Å²) in [6.07, 6.45) is 5.08. The van der Waals surface area contributed by atoms with E-state index in [0.717, 1.165) is 69.9 Å². The standard InChI is InChI=1S/C45H49N5O4/c51-37-12-15-39-33(27-37)8-13-38(31-4-2-1-3-5-31)43(39)32-6-9-35(10-7-32)48-20-18-30(19-21-48)28-47-22-24-49(25-23-47)36-11-14-40-34(26-36)29-50(45(40)54)41-16-17-42(52)46-44(41)53/h1-7,9-12,14-15,26-27,30,38,41,43,51H,8,13,16-25,28-29H2,(H,46,52,53)/t38-,41+,43?/m1/s1. The van der Waals surface area contributed by atoms with Crippen LogP contribution in [-0.4, -0.2) is 84.5 Å². The Kier molecular flexibility index (Phi) is 9.35. The third-order valence-electron chi connectivity index (χ3n) is 12.8. The molecule has 4 aromatic carbocycles. The Bertz CT molecular complexity index is 2030. The lowest BCUT2D eigenvalue weighted by Gasteiger charge is -2.40. The van der Waals surface area contributed by atoms with Crippen molar-refractivity contribution in [1.29, 1.82) is 0 Å². The quantitative estimate of drug-likeness (QED) is 0.224. The number of fused-ring (bicyclic) bond motifs is 2. The first kappa shape index (κ1) is 34.6. The van der Waals surface area contributed by atoms with Crippen LogP contribution in [0, 0.1) is 5.92 Å². The molecular weight excluding hydrogens is 675 g/mol. The number of hydrogen-bond acceptors (Lipinski definition) is 7. The molecule has 1 unspecified atom stereocenters. The molecule has 0 spiro atoms. The van der Waals surface area contributed by atoms with Crippen LogP contribution in [-0.2, 0) is 22.6 Å². The van der Waals surface area contributed by atoms with Crippen LogP contribution in [0.25, 0.3) is 0 Å². The maximum Gasteiger partial charge on any atom is 0.255 e. The van der Waals surface area contributed by atoms with E-state index in [1.54, 1.807) is 4.90 Å². The Hall–Kier alpha value is -5.15. The van der Waals surface area contributed by atoms with Gasteiger partial charge in [0.05, 0.1) is 0 Å². The highest BCUT2D eigenvalue weighted by atomic mass is 16.3. The van der Waals surface area contributed by atoms with E-state index in [1.807, 2.05) is 24.3 Å². The molecule has 2 N–H and O–H groups in total. The van der Waals surface area contributed by atoms with Crippen LogP contribution in [0.2, 0.25) is 0 Å². The van der Waals surface area contributed by atoms with Crippen molar-refractivity contribution in [2.75, 3.05) is 55.6 Å². The van der Waals surface area contributed by atoms with Gasteiger partial charge in [-0.15, -0.1) is 0 Å². The number of carbonyl (C=O) groups is 3. The molecule has 9 nitrogen and oxygen atoms in total. The lowest BCUT2D eigenvalue weighted by molar-refractivity contribution is -0.136. The highest BCUT2D eigenvalue weighted by molar-refractivity contribution is 6.05. The Labute approximate surface area is 317 Å². The number of aryl methyl sites for hydroxylation is 1. The second kappa shape index (κ2) is 14.6. The summed E-state index contributed by atoms with van der Waals surface area (Å²) in [7, 11) is 0. The summed E-state index contributed by atoms with van der Waals surface area (Å²) in [4.78, 5) is 46.5. The smallest absolute Gasteiger partial charge is 0.255 e. The number of aromatic hydroxyl groups is 1. The SMILES string of the molecule is O=C1CC[C@H](N2Cc3cc(N4CCN(CC5CCN(c6ccc(C7c8ccc(O)cc8CC[C@@H]7c7ccccc7)cc6)CC5)CC4)ccc3C2=O)C(=O)N1. The molecule has 9 heteroatoms. The molecule has 9 rings (SSSR count). The third kappa shape index (κ3) is 6.74. The number of benzene rings is 4. The molecule has 3 fully saturated rings. The Morgan fingerprint density at radius 2 is 1.41 bits per heavy atom. The zero-order valence-electron chi connectivity index (χ0n) is 30.8. The Balaban J connectivity index is 0.780. The monoisotopic (exact) mass is 723 g/mol. The second-order valence-electron chi connectivity index (χ2n) is 16.0. The van der Waals surface area contributed by atoms with Gasteiger partial charge in [0.15, 0.2) is 0 Å². The lowest BCUT2D eigenvalue weighted by Crippen LogP contribution is -2.52. The van der Waals surface area contributed by atoms with Gasteiger partial charge in [-0.25, -0.2) is 0 Å². The molecule has 4 aromatic rings. The van der Waals surface area contributed by atoms with Crippen LogP contribution >= 0.6 is 0 Å². The van der Waals surface area contributed by atoms with Crippen molar-refractivity contribution in [2.24, 2.45) is 5.92 Å². The van der Waals surface area contributed by atoms with E-state index in [2.05, 4.69) is 86.7 Å². The number of imide groups is 1. The van der Waals surface area contributed by atoms with Crippen LogP contribution in [0.5, 0.6) is 5.75 Å². The van der Waals surface area contributed by atoms with E-state index in [9.17, 15) is 19.5 Å². The van der Waals surface area contributed by atoms with Gasteiger partial charge in [-0.1, -0.05) is 48.5 Å². The molecular formula is C45H49N5O4. The summed E-state index contributed by atoms with van der Waals surface area (Å²) >= 11 is 0. The summed E-state index contributed by atoms with van der Waals surface area (Å²) < 4.78 is 0. The average molecular weight is 724 g/mol. The summed E-state index contributed by atoms with van der Waals surface area (Å²) in [6, 6.07) is 31.7. The largest absolute Gasteiger partial charge is 0.508 e. The highest BCUT2D eigenvalue weighted by Crippen LogP contribution is 2.47. The molecule has 5 aliphatic rings. The van der Waals surface area contributed by atoms with Crippen LogP contribution in [0.4, 0.5) is 11.4 Å². The minimum Gasteiger partial charge on any atom is -0.508 e. The molecule has 278 valence electrons. The fraction of sp³-hybridized carbons (Fsp3) is 0.400. The summed E-state index contributed by atoms with van der Waals surface area (Å²) in [6.45, 7) is 7.64. The summed E-state index contributed by atoms with van der Waals surface area (Å²) in [5, 5.41) is 12.6. The van der Waals surface area contributed by atoms with Gasteiger partial charge in [0, 0.05) is 81.6 Å². The number of phenols is 1. The van der Waals surface area contributed by atoms with E-state index in [0.29, 0.717) is 36.1 Å². The topological polar surface area (TPSA) is 96.4 Å². The molecule has 3 saturated heterocycles. The van der Waals surface area contributed by atoms with Crippen molar-refractivity contribution in [2.45, 2.75) is 62.9 Å². The predicted molar refractivity (Wildman–Crippen MR) is 210 cm³/mol. The number of hydrogen-bond donors (Lipinski definition) is 2. The first-order valence-electron chi connectivity index (χ1n) is 19.8. The number of piperidine rings is 2. The van der Waals surface area contributed by atoms with E-state index < -0.39 is 6.04 Å². The lowest BCUT2D eigenvalue weighted by atomic mass is 9.69. The van der Waals surface area contributed by atoms with Gasteiger partial charge < -0.3 is 19.8 Å². The zero-order valence-corrected chi connectivity index (χ0v) is 30.8. The van der Waals surface area contributed by atoms with E-state index in [-0.39, 0.29) is 30.1 Å². The molecule has 0 aromatic heterocycles. The van der Waals surface area contributed by atoms with Gasteiger partial charge in [-0.05, 0) is 114 Å². The van der Waals surface area contributed by atoms with Crippen molar-refractivity contribution in [1.82, 2.24) is 15.1 Å². The van der Waals surface area contributed by atoms with Gasteiger partial charge >= 0.3 is 0 Å². The Morgan fingerprint density at radius 1 is 0.667 bits per heavy atom. The van der Waals surface area contributed by atoms with Crippen molar-refractivity contribution in [3.63, 3.8) is 0 Å². The fourth-order valence-corrected chi connectivity index (χ4v) is 9.86. The summed E-state index contributed by atoms with van der Waals surface area (Å²) in [5.41, 5.74) is 9.39. The molecule has 4 aliphatic heterocycles. The maximum atomic E-state index is 13.1. The van der Waals surface area contributed by atoms with Crippen molar-refractivity contribution >= 4 is 29.1 Å². The number of rotatable bonds is 7. The normalized spacial score (nSPS) is 23.7. The number of nitrogens with one attached hydrogen (secondary N) is 1. The van der Waals surface area contributed by atoms with Crippen LogP contribution in [0.1, 0.15) is 82.1 Å². The van der Waals surface area contributed by atoms with Gasteiger partial charge in [0.2, 0.25) is 11.8 Å². The van der Waals surface area contributed by atoms with E-state index >= 15 is 0 Å². The molecule has 4 heterocycles. The van der Waals surface area contributed by atoms with Gasteiger partial charge in [0.1, 0.15) is 11.8 Å². The number of nitrogens with zero attached hydrogens (tertiary/aromatic N) is 4. The first-order valence-corrected chi connectivity index (χ1v) is 19.8. The first-order chi connectivity index (χ1) is 26.4. The minimum absolute atomic E-state index is 0.121. The number of carbonyl (C=O) groups excluding carboxylic acids is 3. The molecule has 0 bridgehead atoms. The number of anilines is 2. The minimum atomic E-state index is -0.585. The molecule has 3 amide bonds. The van der Waals surface area contributed by atoms with Crippen molar-refractivity contribution < 1.29 is 19.5 Å². The van der Waals surface area contributed by atoms with Crippen molar-refractivity contribution in [3.8, 4) is 5.75 Å². The average Bonchev–Trinajstić information content (AvgIpc) is 3.53. The van der Waals surface area contributed by atoms with Gasteiger partial charge in [-0.3, -0.25) is 24.6 Å². The van der Waals surface area contributed by atoms with Crippen molar-refractivity contribution in [3.05, 3.63) is 124 Å². The molecule has 0 radical (unpaired) electrons. The van der Waals surface area contributed by atoms with Crippen LogP contribution in [0.3, 0.4) is 0 Å². The third-order valence-corrected chi connectivity index (χ3v) is 12.8. The Morgan fingerprint density at radius 3 is 2.17 bits per heavy atom. The summed E-state index contributed by atoms with van der Waals surface area (Å²) in [5.74, 6) is 0.955. The zero-order chi connectivity index (χ0) is 36.8. The fourth-order valence-electron chi connectivity index (χ4n) is 9.86. The second-order valence-corrected chi connectivity index (χ2v) is 16.0. The molecule has 3 atom stereocenters. The molecule has 0 saturated carbocycles. The number of piperazine rings is 1. The molecule has 1 aliphatic carbocycles. The number of amides is 3. The van der Waals surface area contributed by atoms with Crippen LogP contribution < -0.4 is 15.1 Å². The van der Waals surface area contributed by atoms with Gasteiger partial charge in [0.25, 0.3) is 5.91 Å². The van der Waals surface area contributed by atoms with E-state index in [1.165, 1.54) is 40.8 Å². The van der Waals surface area contributed by atoms with Gasteiger partial charge in [-0.2, -0.15) is 0 Å². The molecule has 54 heavy (non-hydrogen) atoms. The van der Waals surface area contributed by atoms with Crippen LogP contribution in [0.15, 0.2) is 91.0 Å². The number of phenolic OH excluding ortho intramolecular Hbond substituents is 1. The van der Waals surface area contributed by atoms with E-state index in [4.69, 9.17) is 0 Å². The highest BCUT2D eigenvalue weighted by Gasteiger charge is 2.39. The maximum absolute atomic E-state index is 13.1. The predicted octanol–water partition coefficient (Wildman–Crippen LogP) is 6.05.